The molecule has 0 amide bonds. The average molecular weight is 417 g/mol. The van der Waals surface area contributed by atoms with E-state index < -0.39 is 0 Å². The maximum Gasteiger partial charge on any atom is 0.0580 e. The summed E-state index contributed by atoms with van der Waals surface area (Å²) < 4.78 is 0. The van der Waals surface area contributed by atoms with Crippen molar-refractivity contribution in [3.63, 3.8) is 0 Å². The van der Waals surface area contributed by atoms with Gasteiger partial charge in [-0.25, -0.2) is 0 Å². The molecule has 3 heteroatoms. The van der Waals surface area contributed by atoms with Crippen LogP contribution in [0.2, 0.25) is 5.02 Å². The summed E-state index contributed by atoms with van der Waals surface area (Å²) in [6, 6.07) is 17.3. The lowest BCUT2D eigenvalue weighted by molar-refractivity contribution is 0.235. The van der Waals surface area contributed by atoms with Gasteiger partial charge in [0.1, 0.15) is 0 Å². The Morgan fingerprint density at radius 1 is 1.00 bits per heavy atom. The molecule has 2 N–H and O–H groups in total. The van der Waals surface area contributed by atoms with Gasteiger partial charge in [-0.15, -0.1) is 0 Å². The Labute approximate surface area is 184 Å². The first kappa shape index (κ1) is 19.5. The molecular formula is C27H29ClN2. The molecule has 1 aromatic heterocycles. The van der Waals surface area contributed by atoms with Crippen LogP contribution in [-0.2, 0) is 11.8 Å². The Balaban J connectivity index is 1.43. The van der Waals surface area contributed by atoms with Crippen LogP contribution in [0.4, 0.5) is 5.69 Å². The molecule has 1 fully saturated rings. The van der Waals surface area contributed by atoms with Crippen molar-refractivity contribution >= 4 is 17.3 Å². The Hall–Kier alpha value is -2.45. The lowest BCUT2D eigenvalue weighted by Gasteiger charge is -2.47. The highest BCUT2D eigenvalue weighted by atomic mass is 35.5. The molecular weight excluding hydrogens is 388 g/mol. The third-order valence-electron chi connectivity index (χ3n) is 7.57. The first-order valence-corrected chi connectivity index (χ1v) is 11.3. The van der Waals surface area contributed by atoms with Gasteiger partial charge in [0.25, 0.3) is 0 Å². The van der Waals surface area contributed by atoms with E-state index in [1.165, 1.54) is 42.4 Å². The van der Waals surface area contributed by atoms with Crippen LogP contribution in [-0.4, -0.2) is 10.5 Å². The first-order chi connectivity index (χ1) is 14.5. The molecule has 0 radical (unpaired) electrons. The van der Waals surface area contributed by atoms with Crippen LogP contribution in [0.3, 0.4) is 0 Å². The van der Waals surface area contributed by atoms with Gasteiger partial charge in [-0.3, -0.25) is 0 Å². The Morgan fingerprint density at radius 3 is 2.53 bits per heavy atom. The fourth-order valence-electron chi connectivity index (χ4n) is 5.66. The number of hydrogen-bond donors (Lipinski definition) is 2. The number of aromatic nitrogens is 1. The molecule has 2 aromatic carbocycles. The zero-order chi connectivity index (χ0) is 20.8. The minimum absolute atomic E-state index is 0.0586. The smallest absolute Gasteiger partial charge is 0.0580 e. The molecule has 1 heterocycles. The third-order valence-corrected chi connectivity index (χ3v) is 7.81. The monoisotopic (exact) mass is 416 g/mol. The molecule has 154 valence electrons. The Kier molecular flexibility index (Phi) is 4.78. The average Bonchev–Trinajstić information content (AvgIpc) is 3.39. The predicted octanol–water partition coefficient (Wildman–Crippen LogP) is 7.52. The van der Waals surface area contributed by atoms with Crippen LogP contribution in [0.5, 0.6) is 0 Å². The summed E-state index contributed by atoms with van der Waals surface area (Å²) in [4.78, 5) is 3.19. The normalized spacial score (nSPS) is 25.3. The van der Waals surface area contributed by atoms with Gasteiger partial charge in [-0.1, -0.05) is 48.0 Å². The number of hydrogen-bond acceptors (Lipinski definition) is 1. The fraction of sp³-hybridized carbons (Fsp3) is 0.333. The van der Waals surface area contributed by atoms with E-state index in [0.29, 0.717) is 5.41 Å². The highest BCUT2D eigenvalue weighted by molar-refractivity contribution is 6.30. The predicted molar refractivity (Wildman–Crippen MR) is 127 cm³/mol. The maximum atomic E-state index is 6.23. The Bertz CT molecular complexity index is 1070. The van der Waals surface area contributed by atoms with E-state index in [-0.39, 0.29) is 5.54 Å². The van der Waals surface area contributed by atoms with Gasteiger partial charge in [0.05, 0.1) is 5.54 Å². The van der Waals surface area contributed by atoms with Gasteiger partial charge >= 0.3 is 0 Å². The van der Waals surface area contributed by atoms with Crippen molar-refractivity contribution in [2.24, 2.45) is 0 Å². The molecule has 30 heavy (non-hydrogen) atoms. The van der Waals surface area contributed by atoms with E-state index in [2.05, 4.69) is 60.3 Å². The quantitative estimate of drug-likeness (QED) is 0.423. The number of benzene rings is 2. The second kappa shape index (κ2) is 7.35. The van der Waals surface area contributed by atoms with Crippen LogP contribution >= 0.6 is 11.6 Å². The van der Waals surface area contributed by atoms with E-state index in [1.807, 2.05) is 24.4 Å². The fourth-order valence-corrected chi connectivity index (χ4v) is 5.85. The summed E-state index contributed by atoms with van der Waals surface area (Å²) in [7, 11) is 0. The number of H-pyrrole nitrogens is 1. The van der Waals surface area contributed by atoms with Gasteiger partial charge in [-0.05, 0) is 97.4 Å². The summed E-state index contributed by atoms with van der Waals surface area (Å²) in [5.74, 6) is 0. The molecule has 0 unspecified atom stereocenters. The van der Waals surface area contributed by atoms with E-state index >= 15 is 0 Å². The van der Waals surface area contributed by atoms with Crippen LogP contribution in [0.15, 0.2) is 73.1 Å². The summed E-state index contributed by atoms with van der Waals surface area (Å²) >= 11 is 6.23. The van der Waals surface area contributed by atoms with E-state index in [9.17, 15) is 0 Å². The molecule has 0 bridgehead atoms. The third kappa shape index (κ3) is 3.28. The van der Waals surface area contributed by atoms with Crippen LogP contribution in [0, 0.1) is 0 Å². The van der Waals surface area contributed by atoms with E-state index in [4.69, 9.17) is 11.6 Å². The zero-order valence-electron chi connectivity index (χ0n) is 17.6. The number of halogens is 1. The van der Waals surface area contributed by atoms with E-state index in [1.54, 1.807) is 11.1 Å². The topological polar surface area (TPSA) is 27.8 Å². The Morgan fingerprint density at radius 2 is 1.83 bits per heavy atom. The van der Waals surface area contributed by atoms with Crippen molar-refractivity contribution in [2.75, 3.05) is 5.32 Å². The minimum Gasteiger partial charge on any atom is -0.376 e. The zero-order valence-corrected chi connectivity index (χ0v) is 18.4. The molecule has 2 aliphatic carbocycles. The molecule has 0 aliphatic heterocycles. The van der Waals surface area contributed by atoms with Crippen LogP contribution in [0.25, 0.3) is 11.1 Å². The number of aromatic amines is 1. The summed E-state index contributed by atoms with van der Waals surface area (Å²) in [6.45, 7) is 6.55. The minimum atomic E-state index is -0.0586. The molecule has 2 nitrogen and oxygen atoms in total. The summed E-state index contributed by atoms with van der Waals surface area (Å²) in [5, 5.41) is 4.58. The number of rotatable bonds is 4. The van der Waals surface area contributed by atoms with Crippen molar-refractivity contribution in [1.29, 1.82) is 0 Å². The maximum absolute atomic E-state index is 6.23. The van der Waals surface area contributed by atoms with Gasteiger partial charge in [0.2, 0.25) is 0 Å². The lowest BCUT2D eigenvalue weighted by Crippen LogP contribution is -2.46. The second-order valence-electron chi connectivity index (χ2n) is 9.25. The van der Waals surface area contributed by atoms with Gasteiger partial charge in [0, 0.05) is 23.1 Å². The second-order valence-corrected chi connectivity index (χ2v) is 9.69. The molecule has 2 aliphatic rings. The van der Waals surface area contributed by atoms with Crippen molar-refractivity contribution < 1.29 is 0 Å². The number of aryl methyl sites for hydroxylation is 1. The van der Waals surface area contributed by atoms with Gasteiger partial charge < -0.3 is 10.3 Å². The molecule has 0 atom stereocenters. The number of fused-ring (bicyclic) bond motifs is 2. The lowest BCUT2D eigenvalue weighted by atomic mass is 9.63. The molecule has 5 rings (SSSR count). The number of nitrogens with one attached hydrogen (secondary N) is 2. The first-order valence-electron chi connectivity index (χ1n) is 11.0. The van der Waals surface area contributed by atoms with Crippen molar-refractivity contribution in [3.05, 3.63) is 89.2 Å². The summed E-state index contributed by atoms with van der Waals surface area (Å²) in [6.07, 6.45) is 11.1. The van der Waals surface area contributed by atoms with Crippen molar-refractivity contribution in [3.8, 4) is 11.1 Å². The highest BCUT2D eigenvalue weighted by Crippen LogP contribution is 2.53. The van der Waals surface area contributed by atoms with Gasteiger partial charge in [-0.2, -0.15) is 0 Å². The largest absolute Gasteiger partial charge is 0.376 e. The van der Waals surface area contributed by atoms with Crippen LogP contribution in [0.1, 0.15) is 50.2 Å². The molecule has 0 saturated heterocycles. The van der Waals surface area contributed by atoms with Gasteiger partial charge in [0.15, 0.2) is 0 Å². The molecule has 1 saturated carbocycles. The number of anilines is 1. The van der Waals surface area contributed by atoms with Crippen molar-refractivity contribution in [2.45, 2.75) is 56.4 Å². The van der Waals surface area contributed by atoms with Crippen molar-refractivity contribution in [1.82, 2.24) is 4.98 Å². The highest BCUT2D eigenvalue weighted by Gasteiger charge is 2.47. The van der Waals surface area contributed by atoms with E-state index in [0.717, 1.165) is 23.6 Å². The standard InChI is InChI=1S/C27H29ClN2/c1-19(2)27(30-24-5-3-4-23(28)17-24)13-11-26(12-14-27)10-8-20-6-7-21(16-25(20)26)22-9-15-29-18-22/h3-7,9,15-18,29-30H,1,8,10-14H2,2H3. The molecule has 1 spiro atoms. The summed E-state index contributed by atoms with van der Waals surface area (Å²) in [5.41, 5.74) is 8.27. The molecule has 3 aromatic rings. The SMILES string of the molecule is C=C(C)C1(Nc2cccc(Cl)c2)CCC2(CCc3ccc(-c4cc[nH]c4)cc32)CC1. The van der Waals surface area contributed by atoms with Crippen LogP contribution < -0.4 is 5.32 Å².